The van der Waals surface area contributed by atoms with E-state index in [1.54, 1.807) is 12.1 Å². The number of carbonyl (C=O) groups excluding carboxylic acids is 2. The summed E-state index contributed by atoms with van der Waals surface area (Å²) in [7, 11) is 0. The zero-order valence-electron chi connectivity index (χ0n) is 15.2. The third-order valence-corrected chi connectivity index (χ3v) is 4.96. The van der Waals surface area contributed by atoms with Crippen molar-refractivity contribution in [2.24, 2.45) is 0 Å². The molecule has 3 rings (SSSR count). The number of halogens is 1. The van der Waals surface area contributed by atoms with Crippen LogP contribution in [0.25, 0.3) is 11.1 Å². The van der Waals surface area contributed by atoms with Gasteiger partial charge in [0.15, 0.2) is 5.58 Å². The standard InChI is InChI=1S/C20H19ClN2O4S/c1-2-3-10-26-19(25)14-11-13(8-9-15(14)21)22-18(24)12-28-20-23-16-6-4-5-7-17(16)27-20/h4-9,11H,2-3,10,12H2,1H3,(H,22,24). The molecule has 28 heavy (non-hydrogen) atoms. The fraction of sp³-hybridized carbons (Fsp3) is 0.250. The second-order valence-electron chi connectivity index (χ2n) is 5.97. The lowest BCUT2D eigenvalue weighted by Gasteiger charge is -2.09. The molecule has 0 atom stereocenters. The Bertz CT molecular complexity index is 956. The number of benzene rings is 2. The van der Waals surface area contributed by atoms with Crippen molar-refractivity contribution in [1.82, 2.24) is 4.98 Å². The van der Waals surface area contributed by atoms with E-state index in [1.807, 2.05) is 31.2 Å². The molecule has 0 aliphatic rings. The number of hydrogen-bond acceptors (Lipinski definition) is 6. The first-order valence-electron chi connectivity index (χ1n) is 8.81. The Balaban J connectivity index is 1.58. The maximum absolute atomic E-state index is 12.2. The zero-order valence-corrected chi connectivity index (χ0v) is 16.8. The highest BCUT2D eigenvalue weighted by molar-refractivity contribution is 7.99. The highest BCUT2D eigenvalue weighted by atomic mass is 35.5. The van der Waals surface area contributed by atoms with Gasteiger partial charge in [0.25, 0.3) is 5.22 Å². The van der Waals surface area contributed by atoms with E-state index in [-0.39, 0.29) is 22.2 Å². The molecule has 8 heteroatoms. The van der Waals surface area contributed by atoms with Crippen LogP contribution in [0.3, 0.4) is 0 Å². The van der Waals surface area contributed by atoms with Gasteiger partial charge in [-0.25, -0.2) is 9.78 Å². The molecule has 146 valence electrons. The summed E-state index contributed by atoms with van der Waals surface area (Å²) in [4.78, 5) is 28.7. The average Bonchev–Trinajstić information content (AvgIpc) is 3.11. The fourth-order valence-corrected chi connectivity index (χ4v) is 3.22. The van der Waals surface area contributed by atoms with Crippen molar-refractivity contribution in [2.75, 3.05) is 17.7 Å². The fourth-order valence-electron chi connectivity index (χ4n) is 2.38. The van der Waals surface area contributed by atoms with Crippen LogP contribution in [0.4, 0.5) is 5.69 Å². The molecule has 1 aromatic heterocycles. The maximum atomic E-state index is 12.2. The number of ether oxygens (including phenoxy) is 1. The van der Waals surface area contributed by atoms with Gasteiger partial charge in [-0.15, -0.1) is 0 Å². The SMILES string of the molecule is CCCCOC(=O)c1cc(NC(=O)CSc2nc3ccccc3o2)ccc1Cl. The van der Waals surface area contributed by atoms with Crippen molar-refractivity contribution in [1.29, 1.82) is 0 Å². The third kappa shape index (κ3) is 5.27. The van der Waals surface area contributed by atoms with Gasteiger partial charge in [0.05, 0.1) is 22.9 Å². The van der Waals surface area contributed by atoms with Gasteiger partial charge in [0, 0.05) is 5.69 Å². The minimum absolute atomic E-state index is 0.117. The van der Waals surface area contributed by atoms with E-state index in [2.05, 4.69) is 10.3 Å². The summed E-state index contributed by atoms with van der Waals surface area (Å²) >= 11 is 7.28. The summed E-state index contributed by atoms with van der Waals surface area (Å²) in [5.41, 5.74) is 2.11. The lowest BCUT2D eigenvalue weighted by molar-refractivity contribution is -0.113. The molecule has 1 N–H and O–H groups in total. The predicted octanol–water partition coefficient (Wildman–Crippen LogP) is 5.17. The minimum Gasteiger partial charge on any atom is -0.462 e. The number of esters is 1. The van der Waals surface area contributed by atoms with Crippen LogP contribution in [0.2, 0.25) is 5.02 Å². The molecule has 0 saturated heterocycles. The number of aromatic nitrogens is 1. The number of hydrogen-bond donors (Lipinski definition) is 1. The van der Waals surface area contributed by atoms with Gasteiger partial charge in [-0.3, -0.25) is 4.79 Å². The van der Waals surface area contributed by atoms with Crippen LogP contribution in [0.15, 0.2) is 52.1 Å². The molecule has 0 aliphatic carbocycles. The summed E-state index contributed by atoms with van der Waals surface area (Å²) in [5, 5.41) is 3.44. The predicted molar refractivity (Wildman–Crippen MR) is 110 cm³/mol. The third-order valence-electron chi connectivity index (χ3n) is 3.80. The molecule has 0 spiro atoms. The van der Waals surface area contributed by atoms with Crippen molar-refractivity contribution < 1.29 is 18.7 Å². The molecule has 0 bridgehead atoms. The lowest BCUT2D eigenvalue weighted by Crippen LogP contribution is -2.15. The Hall–Kier alpha value is -2.51. The van der Waals surface area contributed by atoms with Crippen molar-refractivity contribution in [3.8, 4) is 0 Å². The Morgan fingerprint density at radius 1 is 1.25 bits per heavy atom. The Kier molecular flexibility index (Phi) is 6.95. The summed E-state index contributed by atoms with van der Waals surface area (Å²) in [6, 6.07) is 12.1. The number of rotatable bonds is 8. The van der Waals surface area contributed by atoms with Gasteiger partial charge in [-0.1, -0.05) is 48.8 Å². The van der Waals surface area contributed by atoms with Gasteiger partial charge in [-0.2, -0.15) is 0 Å². The number of anilines is 1. The Morgan fingerprint density at radius 3 is 2.86 bits per heavy atom. The second-order valence-corrected chi connectivity index (χ2v) is 7.30. The van der Waals surface area contributed by atoms with E-state index in [0.717, 1.165) is 18.4 Å². The van der Waals surface area contributed by atoms with E-state index in [1.165, 1.54) is 17.8 Å². The minimum atomic E-state index is -0.504. The quantitative estimate of drug-likeness (QED) is 0.309. The molecule has 0 saturated carbocycles. The van der Waals surface area contributed by atoms with Crippen LogP contribution in [0.1, 0.15) is 30.1 Å². The second kappa shape index (κ2) is 9.61. The molecule has 6 nitrogen and oxygen atoms in total. The Morgan fingerprint density at radius 2 is 2.07 bits per heavy atom. The van der Waals surface area contributed by atoms with Crippen LogP contribution in [0.5, 0.6) is 0 Å². The average molecular weight is 419 g/mol. The van der Waals surface area contributed by atoms with Gasteiger partial charge in [-0.05, 0) is 36.8 Å². The number of fused-ring (bicyclic) bond motifs is 1. The van der Waals surface area contributed by atoms with Crippen LogP contribution < -0.4 is 5.32 Å². The van der Waals surface area contributed by atoms with Crippen molar-refractivity contribution in [3.63, 3.8) is 0 Å². The number of thioether (sulfide) groups is 1. The monoisotopic (exact) mass is 418 g/mol. The van der Waals surface area contributed by atoms with Crippen LogP contribution in [-0.2, 0) is 9.53 Å². The normalized spacial score (nSPS) is 10.8. The number of para-hydroxylation sites is 2. The zero-order chi connectivity index (χ0) is 19.9. The smallest absolute Gasteiger partial charge is 0.339 e. The van der Waals surface area contributed by atoms with Crippen molar-refractivity contribution in [2.45, 2.75) is 25.0 Å². The molecule has 0 unspecified atom stereocenters. The number of amides is 1. The number of oxazole rings is 1. The molecule has 1 heterocycles. The highest BCUT2D eigenvalue weighted by Gasteiger charge is 2.14. The first-order chi connectivity index (χ1) is 13.6. The number of unbranched alkanes of at least 4 members (excludes halogenated alkanes) is 1. The molecule has 0 fully saturated rings. The van der Waals surface area contributed by atoms with Gasteiger partial charge in [0.1, 0.15) is 5.52 Å². The summed E-state index contributed by atoms with van der Waals surface area (Å²) in [6.45, 7) is 2.35. The van der Waals surface area contributed by atoms with E-state index in [0.29, 0.717) is 23.1 Å². The topological polar surface area (TPSA) is 81.4 Å². The van der Waals surface area contributed by atoms with Crippen molar-refractivity contribution in [3.05, 3.63) is 53.1 Å². The number of carbonyl (C=O) groups is 2. The van der Waals surface area contributed by atoms with Gasteiger partial charge >= 0.3 is 5.97 Å². The van der Waals surface area contributed by atoms with Gasteiger partial charge in [0.2, 0.25) is 5.91 Å². The van der Waals surface area contributed by atoms with Crippen molar-refractivity contribution >= 4 is 52.0 Å². The number of nitrogens with zero attached hydrogens (tertiary/aromatic N) is 1. The molecule has 3 aromatic rings. The summed E-state index contributed by atoms with van der Waals surface area (Å²) < 4.78 is 10.8. The first kappa shape index (κ1) is 20.2. The van der Waals surface area contributed by atoms with Crippen LogP contribution >= 0.6 is 23.4 Å². The summed E-state index contributed by atoms with van der Waals surface area (Å²) in [5.74, 6) is -0.638. The Labute approximate surface area is 171 Å². The summed E-state index contributed by atoms with van der Waals surface area (Å²) in [6.07, 6.45) is 1.71. The molecular weight excluding hydrogens is 400 g/mol. The lowest BCUT2D eigenvalue weighted by atomic mass is 10.2. The molecule has 0 radical (unpaired) electrons. The van der Waals surface area contributed by atoms with E-state index >= 15 is 0 Å². The molecular formula is C20H19ClN2O4S. The van der Waals surface area contributed by atoms with E-state index in [4.69, 9.17) is 20.8 Å². The van der Waals surface area contributed by atoms with E-state index < -0.39 is 5.97 Å². The largest absolute Gasteiger partial charge is 0.462 e. The molecule has 0 aliphatic heterocycles. The van der Waals surface area contributed by atoms with Gasteiger partial charge < -0.3 is 14.5 Å². The molecule has 1 amide bonds. The van der Waals surface area contributed by atoms with E-state index in [9.17, 15) is 9.59 Å². The van der Waals surface area contributed by atoms with Crippen LogP contribution in [-0.4, -0.2) is 29.2 Å². The maximum Gasteiger partial charge on any atom is 0.339 e. The highest BCUT2D eigenvalue weighted by Crippen LogP contribution is 2.24. The molecule has 2 aromatic carbocycles. The first-order valence-corrected chi connectivity index (χ1v) is 10.2. The van der Waals surface area contributed by atoms with Crippen LogP contribution in [0, 0.1) is 0 Å². The number of nitrogens with one attached hydrogen (secondary N) is 1.